The van der Waals surface area contributed by atoms with Gasteiger partial charge < -0.3 is 0 Å². The molecule has 2 aliphatic rings. The molecule has 0 aromatic heterocycles. The van der Waals surface area contributed by atoms with Gasteiger partial charge >= 0.3 is 0 Å². The van der Waals surface area contributed by atoms with Gasteiger partial charge in [0.15, 0.2) is 0 Å². The van der Waals surface area contributed by atoms with Crippen LogP contribution in [0, 0.1) is 11.8 Å². The van der Waals surface area contributed by atoms with Crippen LogP contribution in [0.2, 0.25) is 0 Å². The molecule has 3 nitrogen and oxygen atoms in total. The van der Waals surface area contributed by atoms with Crippen molar-refractivity contribution in [2.45, 2.75) is 25.8 Å². The molecule has 2 fully saturated rings. The van der Waals surface area contributed by atoms with Gasteiger partial charge in [-0.25, -0.2) is 0 Å². The summed E-state index contributed by atoms with van der Waals surface area (Å²) in [6.45, 7) is 0.407. The number of carbonyl (C=O) groups excluding carboxylic acids is 2. The minimum Gasteiger partial charge on any atom is -0.278 e. The van der Waals surface area contributed by atoms with Crippen molar-refractivity contribution in [1.82, 2.24) is 4.90 Å². The fraction of sp³-hybridized carbons (Fsp3) is 0.429. The lowest BCUT2D eigenvalue weighted by Gasteiger charge is -2.15. The molecule has 0 radical (unpaired) electrons. The smallest absolute Gasteiger partial charge is 0.233 e. The molecule has 2 unspecified atom stereocenters. The maximum atomic E-state index is 12.2. The Bertz CT molecular complexity index is 492. The van der Waals surface area contributed by atoms with Gasteiger partial charge in [-0.15, -0.1) is 0 Å². The summed E-state index contributed by atoms with van der Waals surface area (Å²) in [6, 6.07) is 7.76. The number of imide groups is 1. The van der Waals surface area contributed by atoms with E-state index in [1.165, 1.54) is 4.90 Å². The Balaban J connectivity index is 1.81. The predicted molar refractivity (Wildman–Crippen MR) is 70.5 cm³/mol. The predicted octanol–water partition coefficient (Wildman–Crippen LogP) is 2.73. The van der Waals surface area contributed by atoms with Crippen LogP contribution in [0.5, 0.6) is 0 Å². The molecule has 3 rings (SSSR count). The van der Waals surface area contributed by atoms with E-state index in [1.54, 1.807) is 0 Å². The number of likely N-dealkylation sites (tertiary alicyclic amines) is 1. The number of carbonyl (C=O) groups is 2. The third kappa shape index (κ3) is 1.88. The molecule has 1 aromatic carbocycles. The van der Waals surface area contributed by atoms with Gasteiger partial charge in [-0.3, -0.25) is 14.5 Å². The number of benzene rings is 1. The summed E-state index contributed by atoms with van der Waals surface area (Å²) in [6.07, 6.45) is 2.77. The number of hydrogen-bond acceptors (Lipinski definition) is 2. The summed E-state index contributed by atoms with van der Waals surface area (Å²) in [5.74, 6) is -0.0146. The molecule has 1 aromatic rings. The van der Waals surface area contributed by atoms with Crippen molar-refractivity contribution in [3.8, 4) is 0 Å². The first-order valence-corrected chi connectivity index (χ1v) is 7.06. The highest BCUT2D eigenvalue weighted by molar-refractivity contribution is 9.10. The van der Waals surface area contributed by atoms with Gasteiger partial charge in [0.1, 0.15) is 0 Å². The Labute approximate surface area is 114 Å². The van der Waals surface area contributed by atoms with Crippen molar-refractivity contribution in [1.29, 1.82) is 0 Å². The number of halogens is 1. The van der Waals surface area contributed by atoms with E-state index < -0.39 is 0 Å². The average molecular weight is 308 g/mol. The molecule has 1 saturated heterocycles. The van der Waals surface area contributed by atoms with Crippen LogP contribution in [0.15, 0.2) is 28.7 Å². The van der Waals surface area contributed by atoms with E-state index in [9.17, 15) is 9.59 Å². The number of nitrogens with zero attached hydrogens (tertiary/aromatic N) is 1. The molecule has 1 aliphatic heterocycles. The maximum absolute atomic E-state index is 12.2. The van der Waals surface area contributed by atoms with Gasteiger partial charge in [0.2, 0.25) is 11.8 Å². The third-order valence-corrected chi connectivity index (χ3v) is 4.41. The van der Waals surface area contributed by atoms with Gasteiger partial charge in [0.05, 0.1) is 18.4 Å². The Morgan fingerprint density at radius 3 is 2.44 bits per heavy atom. The average Bonchev–Trinajstić information content (AvgIpc) is 2.90. The largest absolute Gasteiger partial charge is 0.278 e. The molecule has 94 valence electrons. The van der Waals surface area contributed by atoms with Crippen LogP contribution < -0.4 is 0 Å². The summed E-state index contributed by atoms with van der Waals surface area (Å²) in [5, 5.41) is 0. The van der Waals surface area contributed by atoms with E-state index in [2.05, 4.69) is 15.9 Å². The van der Waals surface area contributed by atoms with Crippen molar-refractivity contribution < 1.29 is 9.59 Å². The second-order valence-corrected chi connectivity index (χ2v) is 5.95. The Morgan fingerprint density at radius 2 is 1.83 bits per heavy atom. The minimum absolute atomic E-state index is 0.0301. The molecular formula is C14H14BrNO2. The van der Waals surface area contributed by atoms with Crippen LogP contribution in [0.3, 0.4) is 0 Å². The molecule has 0 spiro atoms. The fourth-order valence-corrected chi connectivity index (χ4v) is 3.48. The van der Waals surface area contributed by atoms with Crippen molar-refractivity contribution in [3.05, 3.63) is 34.3 Å². The zero-order valence-corrected chi connectivity index (χ0v) is 11.5. The van der Waals surface area contributed by atoms with Crippen LogP contribution in [0.25, 0.3) is 0 Å². The second-order valence-electron chi connectivity index (χ2n) is 5.04. The fourth-order valence-electron chi connectivity index (χ4n) is 3.03. The van der Waals surface area contributed by atoms with E-state index in [0.29, 0.717) is 6.54 Å². The standard InChI is InChI=1S/C14H14BrNO2/c15-10-4-1-3-9(7-10)8-16-13(17)11-5-2-6-12(11)14(16)18/h1,3-4,7,11-12H,2,5-6,8H2. The molecule has 1 heterocycles. The van der Waals surface area contributed by atoms with Gasteiger partial charge in [0.25, 0.3) is 0 Å². The first kappa shape index (κ1) is 11.9. The molecule has 1 aliphatic carbocycles. The minimum atomic E-state index is -0.0374. The highest BCUT2D eigenvalue weighted by Crippen LogP contribution is 2.40. The topological polar surface area (TPSA) is 37.4 Å². The van der Waals surface area contributed by atoms with Crippen LogP contribution in [0.4, 0.5) is 0 Å². The second kappa shape index (κ2) is 4.50. The number of amides is 2. The van der Waals surface area contributed by atoms with Crippen LogP contribution in [-0.4, -0.2) is 16.7 Å². The first-order chi connectivity index (χ1) is 8.66. The summed E-state index contributed by atoms with van der Waals surface area (Å²) in [5.41, 5.74) is 0.992. The van der Waals surface area contributed by atoms with Crippen molar-refractivity contribution in [2.75, 3.05) is 0 Å². The zero-order chi connectivity index (χ0) is 12.7. The van der Waals surface area contributed by atoms with Crippen LogP contribution in [-0.2, 0) is 16.1 Å². The van der Waals surface area contributed by atoms with E-state index in [4.69, 9.17) is 0 Å². The van der Waals surface area contributed by atoms with E-state index >= 15 is 0 Å². The molecule has 0 bridgehead atoms. The Hall–Kier alpha value is -1.16. The monoisotopic (exact) mass is 307 g/mol. The Morgan fingerprint density at radius 1 is 1.17 bits per heavy atom. The van der Waals surface area contributed by atoms with Crippen LogP contribution >= 0.6 is 15.9 Å². The van der Waals surface area contributed by atoms with Gasteiger partial charge in [-0.1, -0.05) is 34.5 Å². The number of fused-ring (bicyclic) bond motifs is 1. The molecular weight excluding hydrogens is 294 g/mol. The number of hydrogen-bond donors (Lipinski definition) is 0. The van der Waals surface area contributed by atoms with Crippen LogP contribution in [0.1, 0.15) is 24.8 Å². The van der Waals surface area contributed by atoms with Gasteiger partial charge in [-0.2, -0.15) is 0 Å². The maximum Gasteiger partial charge on any atom is 0.233 e. The SMILES string of the molecule is O=C1C2CCCC2C(=O)N1Cc1cccc(Br)c1. The highest BCUT2D eigenvalue weighted by atomic mass is 79.9. The van der Waals surface area contributed by atoms with E-state index in [1.807, 2.05) is 24.3 Å². The zero-order valence-electron chi connectivity index (χ0n) is 9.93. The Kier molecular flexibility index (Phi) is 2.98. The summed E-state index contributed by atoms with van der Waals surface area (Å²) < 4.78 is 0.972. The van der Waals surface area contributed by atoms with Crippen molar-refractivity contribution in [3.63, 3.8) is 0 Å². The first-order valence-electron chi connectivity index (χ1n) is 6.26. The molecule has 18 heavy (non-hydrogen) atoms. The quantitative estimate of drug-likeness (QED) is 0.788. The lowest BCUT2D eigenvalue weighted by atomic mass is 10.00. The van der Waals surface area contributed by atoms with Crippen molar-refractivity contribution in [2.24, 2.45) is 11.8 Å². The summed E-state index contributed by atoms with van der Waals surface area (Å²) in [7, 11) is 0. The lowest BCUT2D eigenvalue weighted by Crippen LogP contribution is -2.31. The van der Waals surface area contributed by atoms with Gasteiger partial charge in [-0.05, 0) is 30.5 Å². The molecule has 2 atom stereocenters. The van der Waals surface area contributed by atoms with Crippen molar-refractivity contribution >= 4 is 27.7 Å². The third-order valence-electron chi connectivity index (χ3n) is 3.91. The number of rotatable bonds is 2. The molecule has 1 saturated carbocycles. The van der Waals surface area contributed by atoms with E-state index in [-0.39, 0.29) is 23.7 Å². The molecule has 4 heteroatoms. The van der Waals surface area contributed by atoms with Gasteiger partial charge in [0, 0.05) is 4.47 Å². The normalized spacial score (nSPS) is 26.8. The highest BCUT2D eigenvalue weighted by Gasteiger charge is 2.49. The summed E-state index contributed by atoms with van der Waals surface area (Å²) >= 11 is 3.40. The molecule has 2 amide bonds. The lowest BCUT2D eigenvalue weighted by molar-refractivity contribution is -0.141. The summed E-state index contributed by atoms with van der Waals surface area (Å²) in [4.78, 5) is 25.8. The van der Waals surface area contributed by atoms with E-state index in [0.717, 1.165) is 29.3 Å². The molecule has 0 N–H and O–H groups in total.